The molecule has 0 spiro atoms. The van der Waals surface area contributed by atoms with E-state index in [0.717, 1.165) is 30.0 Å². The molecule has 0 unspecified atom stereocenters. The number of aliphatic hydroxyl groups is 1. The predicted octanol–water partition coefficient (Wildman–Crippen LogP) is 2.44. The van der Waals surface area contributed by atoms with Gasteiger partial charge in [0.1, 0.15) is 11.6 Å². The summed E-state index contributed by atoms with van der Waals surface area (Å²) in [5, 5.41) is 8.94. The maximum Gasteiger partial charge on any atom is 0.136 e. The topological polar surface area (TPSA) is 20.2 Å². The van der Waals surface area contributed by atoms with Crippen molar-refractivity contribution >= 4 is 11.8 Å². The van der Waals surface area contributed by atoms with Gasteiger partial charge in [0.25, 0.3) is 0 Å². The van der Waals surface area contributed by atoms with Crippen molar-refractivity contribution in [2.75, 3.05) is 5.75 Å². The molecule has 4 heteroatoms. The summed E-state index contributed by atoms with van der Waals surface area (Å²) in [6.45, 7) is 1.60. The molecule has 0 aliphatic heterocycles. The van der Waals surface area contributed by atoms with E-state index >= 15 is 0 Å². The third kappa shape index (κ3) is 3.32. The second-order valence-corrected chi connectivity index (χ2v) is 3.80. The van der Waals surface area contributed by atoms with Crippen molar-refractivity contribution in [3.05, 3.63) is 29.8 Å². The minimum atomic E-state index is -0.521. The van der Waals surface area contributed by atoms with Gasteiger partial charge in [0, 0.05) is 10.6 Å². The standard InChI is InChI=1S/C9H10F2OS/c1-6(12)5-13-9-4-7(10)2-3-8(9)11/h2-4,6,12H,5H2,1H3/t6-/m1/s1. The fraction of sp³-hybridized carbons (Fsp3) is 0.333. The van der Waals surface area contributed by atoms with Gasteiger partial charge in [-0.1, -0.05) is 0 Å². The van der Waals surface area contributed by atoms with Crippen molar-refractivity contribution in [2.24, 2.45) is 0 Å². The first-order valence-electron chi connectivity index (χ1n) is 3.85. The average molecular weight is 204 g/mol. The Kier molecular flexibility index (Phi) is 3.69. The SMILES string of the molecule is C[C@@H](O)CSc1cc(F)ccc1F. The zero-order valence-corrected chi connectivity index (χ0v) is 7.94. The number of hydrogen-bond acceptors (Lipinski definition) is 2. The van der Waals surface area contributed by atoms with Crippen LogP contribution in [0.4, 0.5) is 8.78 Å². The third-order valence-electron chi connectivity index (χ3n) is 1.37. The van der Waals surface area contributed by atoms with E-state index < -0.39 is 17.7 Å². The number of hydrogen-bond donors (Lipinski definition) is 1. The summed E-state index contributed by atoms with van der Waals surface area (Å²) in [6.07, 6.45) is -0.521. The van der Waals surface area contributed by atoms with Gasteiger partial charge in [-0.3, -0.25) is 0 Å². The lowest BCUT2D eigenvalue weighted by Gasteiger charge is -2.04. The van der Waals surface area contributed by atoms with Gasteiger partial charge in [0.2, 0.25) is 0 Å². The maximum atomic E-state index is 13.0. The van der Waals surface area contributed by atoms with E-state index in [1.807, 2.05) is 0 Å². The molecular formula is C9H10F2OS. The molecule has 0 aromatic heterocycles. The van der Waals surface area contributed by atoms with Gasteiger partial charge in [-0.15, -0.1) is 11.8 Å². The fourth-order valence-corrected chi connectivity index (χ4v) is 1.62. The van der Waals surface area contributed by atoms with Crippen LogP contribution in [0.15, 0.2) is 23.1 Å². The molecule has 0 fully saturated rings. The molecule has 1 aromatic carbocycles. The lowest BCUT2D eigenvalue weighted by atomic mass is 10.3. The minimum Gasteiger partial charge on any atom is -0.393 e. The summed E-state index contributed by atoms with van der Waals surface area (Å²) in [6, 6.07) is 3.28. The monoisotopic (exact) mass is 204 g/mol. The van der Waals surface area contributed by atoms with Gasteiger partial charge in [-0.2, -0.15) is 0 Å². The summed E-state index contributed by atoms with van der Waals surface area (Å²) >= 11 is 1.10. The molecule has 13 heavy (non-hydrogen) atoms. The molecule has 0 saturated heterocycles. The molecule has 1 rings (SSSR count). The normalized spacial score (nSPS) is 12.9. The lowest BCUT2D eigenvalue weighted by molar-refractivity contribution is 0.220. The van der Waals surface area contributed by atoms with Gasteiger partial charge < -0.3 is 5.11 Å². The van der Waals surface area contributed by atoms with E-state index in [-0.39, 0.29) is 4.90 Å². The van der Waals surface area contributed by atoms with Gasteiger partial charge >= 0.3 is 0 Å². The van der Waals surface area contributed by atoms with E-state index in [9.17, 15) is 8.78 Å². The summed E-state index contributed by atoms with van der Waals surface area (Å²) in [5.41, 5.74) is 0. The molecular weight excluding hydrogens is 194 g/mol. The first kappa shape index (κ1) is 10.5. The van der Waals surface area contributed by atoms with Crippen LogP contribution in [-0.2, 0) is 0 Å². The molecule has 0 aliphatic carbocycles. The molecule has 0 saturated carbocycles. The Balaban J connectivity index is 2.70. The molecule has 0 aliphatic rings. The lowest BCUT2D eigenvalue weighted by Crippen LogP contribution is -2.02. The summed E-state index contributed by atoms with van der Waals surface area (Å²) in [5.74, 6) is -0.554. The Hall–Kier alpha value is -0.610. The molecule has 1 atom stereocenters. The molecule has 1 nitrogen and oxygen atoms in total. The van der Waals surface area contributed by atoms with Crippen molar-refractivity contribution in [1.29, 1.82) is 0 Å². The molecule has 1 N–H and O–H groups in total. The molecule has 0 amide bonds. The highest BCUT2D eigenvalue weighted by atomic mass is 32.2. The van der Waals surface area contributed by atoms with Crippen molar-refractivity contribution in [3.8, 4) is 0 Å². The second-order valence-electron chi connectivity index (χ2n) is 2.73. The van der Waals surface area contributed by atoms with Crippen LogP contribution < -0.4 is 0 Å². The highest BCUT2D eigenvalue weighted by molar-refractivity contribution is 7.99. The second kappa shape index (κ2) is 4.58. The number of thioether (sulfide) groups is 1. The van der Waals surface area contributed by atoms with Crippen LogP contribution in [-0.4, -0.2) is 17.0 Å². The summed E-state index contributed by atoms with van der Waals surface area (Å²) in [4.78, 5) is 0.237. The number of rotatable bonds is 3. The van der Waals surface area contributed by atoms with E-state index in [2.05, 4.69) is 0 Å². The molecule has 0 radical (unpaired) electrons. The smallest absolute Gasteiger partial charge is 0.136 e. The number of aliphatic hydroxyl groups excluding tert-OH is 1. The van der Waals surface area contributed by atoms with Crippen LogP contribution in [0.1, 0.15) is 6.92 Å². The van der Waals surface area contributed by atoms with Crippen molar-refractivity contribution in [1.82, 2.24) is 0 Å². The van der Waals surface area contributed by atoms with Crippen molar-refractivity contribution in [3.63, 3.8) is 0 Å². The van der Waals surface area contributed by atoms with Crippen LogP contribution in [0.25, 0.3) is 0 Å². The highest BCUT2D eigenvalue weighted by Gasteiger charge is 2.05. The fourth-order valence-electron chi connectivity index (χ4n) is 0.798. The number of benzene rings is 1. The molecule has 0 bridgehead atoms. The Morgan fingerprint density at radius 3 is 2.77 bits per heavy atom. The van der Waals surface area contributed by atoms with Gasteiger partial charge in [0.05, 0.1) is 6.10 Å². The first-order chi connectivity index (χ1) is 6.09. The maximum absolute atomic E-state index is 13.0. The highest BCUT2D eigenvalue weighted by Crippen LogP contribution is 2.22. The van der Waals surface area contributed by atoms with E-state index in [0.29, 0.717) is 5.75 Å². The van der Waals surface area contributed by atoms with Crippen LogP contribution in [0.2, 0.25) is 0 Å². The Morgan fingerprint density at radius 1 is 1.46 bits per heavy atom. The molecule has 0 heterocycles. The zero-order chi connectivity index (χ0) is 9.84. The minimum absolute atomic E-state index is 0.237. The van der Waals surface area contributed by atoms with Crippen molar-refractivity contribution in [2.45, 2.75) is 17.9 Å². The zero-order valence-electron chi connectivity index (χ0n) is 7.13. The third-order valence-corrected chi connectivity index (χ3v) is 2.65. The average Bonchev–Trinajstić information content (AvgIpc) is 2.06. The van der Waals surface area contributed by atoms with Crippen LogP contribution >= 0.6 is 11.8 Å². The van der Waals surface area contributed by atoms with Crippen LogP contribution in [0.5, 0.6) is 0 Å². The summed E-state index contributed by atoms with van der Waals surface area (Å²) in [7, 11) is 0. The van der Waals surface area contributed by atoms with E-state index in [1.54, 1.807) is 6.92 Å². The van der Waals surface area contributed by atoms with Gasteiger partial charge in [-0.05, 0) is 25.1 Å². The van der Waals surface area contributed by atoms with E-state index in [4.69, 9.17) is 5.11 Å². The predicted molar refractivity (Wildman–Crippen MR) is 48.8 cm³/mol. The Morgan fingerprint density at radius 2 is 2.15 bits per heavy atom. The van der Waals surface area contributed by atoms with Crippen LogP contribution in [0.3, 0.4) is 0 Å². The van der Waals surface area contributed by atoms with Gasteiger partial charge in [0.15, 0.2) is 0 Å². The molecule has 1 aromatic rings. The van der Waals surface area contributed by atoms with E-state index in [1.165, 1.54) is 0 Å². The number of halogens is 2. The summed E-state index contributed by atoms with van der Waals surface area (Å²) < 4.78 is 25.6. The quantitative estimate of drug-likeness (QED) is 0.763. The Labute approximate surface area is 79.8 Å². The largest absolute Gasteiger partial charge is 0.393 e. The first-order valence-corrected chi connectivity index (χ1v) is 4.84. The Bertz CT molecular complexity index is 289. The van der Waals surface area contributed by atoms with Crippen molar-refractivity contribution < 1.29 is 13.9 Å². The molecule has 72 valence electrons. The van der Waals surface area contributed by atoms with Crippen LogP contribution in [0, 0.1) is 11.6 Å². The van der Waals surface area contributed by atoms with Gasteiger partial charge in [-0.25, -0.2) is 8.78 Å².